The Labute approximate surface area is 178 Å². The van der Waals surface area contributed by atoms with Crippen LogP contribution in [0, 0.1) is 5.82 Å². The van der Waals surface area contributed by atoms with E-state index in [0.29, 0.717) is 0 Å². The summed E-state index contributed by atoms with van der Waals surface area (Å²) in [6, 6.07) is 16.8. The largest absolute Gasteiger partial charge is 0.507 e. The van der Waals surface area contributed by atoms with Gasteiger partial charge in [0.15, 0.2) is 0 Å². The van der Waals surface area contributed by atoms with Crippen molar-refractivity contribution in [2.24, 2.45) is 0 Å². The minimum Gasteiger partial charge on any atom is -0.507 e. The predicted octanol–water partition coefficient (Wildman–Crippen LogP) is 4.37. The fourth-order valence-corrected chi connectivity index (χ4v) is 3.16. The summed E-state index contributed by atoms with van der Waals surface area (Å²) in [6.07, 6.45) is 0.191. The van der Waals surface area contributed by atoms with E-state index in [-0.39, 0.29) is 22.8 Å². The van der Waals surface area contributed by atoms with E-state index >= 15 is 0 Å². The van der Waals surface area contributed by atoms with E-state index in [1.54, 1.807) is 30.3 Å². The molecule has 0 aliphatic heterocycles. The number of esters is 1. The summed E-state index contributed by atoms with van der Waals surface area (Å²) >= 11 is 5.84. The van der Waals surface area contributed by atoms with Crippen molar-refractivity contribution in [2.75, 3.05) is 7.11 Å². The molecule has 5 nitrogen and oxygen atoms in total. The van der Waals surface area contributed by atoms with Crippen LogP contribution in [0.3, 0.4) is 0 Å². The summed E-state index contributed by atoms with van der Waals surface area (Å²) in [7, 11) is 1.24. The first-order valence-corrected chi connectivity index (χ1v) is 9.48. The second-order valence-electron chi connectivity index (χ2n) is 6.60. The Morgan fingerprint density at radius 1 is 1.07 bits per heavy atom. The zero-order chi connectivity index (χ0) is 21.7. The third kappa shape index (κ3) is 4.96. The highest BCUT2D eigenvalue weighted by molar-refractivity contribution is 6.31. The molecule has 1 unspecified atom stereocenters. The molecule has 0 aromatic heterocycles. The number of carbonyl (C=O) groups is 2. The predicted molar refractivity (Wildman–Crippen MR) is 112 cm³/mol. The summed E-state index contributed by atoms with van der Waals surface area (Å²) in [5.41, 5.74) is 2.42. The van der Waals surface area contributed by atoms with Gasteiger partial charge in [0.05, 0.1) is 17.7 Å². The van der Waals surface area contributed by atoms with Crippen molar-refractivity contribution in [1.82, 2.24) is 5.32 Å². The van der Waals surface area contributed by atoms with Gasteiger partial charge in [-0.15, -0.1) is 0 Å². The first-order chi connectivity index (χ1) is 14.4. The minimum atomic E-state index is -0.937. The van der Waals surface area contributed by atoms with Crippen molar-refractivity contribution >= 4 is 23.5 Å². The number of para-hydroxylation sites is 1. The first kappa shape index (κ1) is 21.3. The van der Waals surface area contributed by atoms with Gasteiger partial charge in [-0.2, -0.15) is 0 Å². The molecule has 0 heterocycles. The summed E-state index contributed by atoms with van der Waals surface area (Å²) < 4.78 is 18.2. The number of methoxy groups -OCH3 is 1. The normalized spacial score (nSPS) is 11.6. The second kappa shape index (κ2) is 9.41. The SMILES string of the molecule is COC(=O)C(Cc1ccc(-c2ccc(F)c(Cl)c2)cc1)NC(=O)c1ccccc1O. The Bertz CT molecular complexity index is 1070. The zero-order valence-electron chi connectivity index (χ0n) is 16.1. The number of halogens is 2. The van der Waals surface area contributed by atoms with Gasteiger partial charge < -0.3 is 15.2 Å². The monoisotopic (exact) mass is 427 g/mol. The number of hydrogen-bond donors (Lipinski definition) is 2. The van der Waals surface area contributed by atoms with E-state index in [4.69, 9.17) is 16.3 Å². The van der Waals surface area contributed by atoms with Crippen molar-refractivity contribution in [2.45, 2.75) is 12.5 Å². The van der Waals surface area contributed by atoms with E-state index in [1.165, 1.54) is 31.4 Å². The average Bonchev–Trinajstić information content (AvgIpc) is 2.75. The summed E-state index contributed by atoms with van der Waals surface area (Å²) in [5.74, 6) is -1.85. The van der Waals surface area contributed by atoms with Gasteiger partial charge in [0.1, 0.15) is 17.6 Å². The van der Waals surface area contributed by atoms with E-state index in [0.717, 1.165) is 16.7 Å². The van der Waals surface area contributed by atoms with Crippen LogP contribution in [-0.4, -0.2) is 30.1 Å². The molecule has 0 saturated carbocycles. The highest BCUT2D eigenvalue weighted by atomic mass is 35.5. The smallest absolute Gasteiger partial charge is 0.328 e. The summed E-state index contributed by atoms with van der Waals surface area (Å²) in [4.78, 5) is 24.6. The highest BCUT2D eigenvalue weighted by Crippen LogP contribution is 2.25. The number of aromatic hydroxyl groups is 1. The van der Waals surface area contributed by atoms with Crippen molar-refractivity contribution in [1.29, 1.82) is 0 Å². The third-order valence-electron chi connectivity index (χ3n) is 4.59. The number of rotatable bonds is 6. The number of phenolic OH excluding ortho intramolecular Hbond substituents is 1. The maximum atomic E-state index is 13.4. The number of benzene rings is 3. The Morgan fingerprint density at radius 2 is 1.73 bits per heavy atom. The molecule has 2 N–H and O–H groups in total. The molecule has 3 aromatic rings. The lowest BCUT2D eigenvalue weighted by Gasteiger charge is -2.17. The van der Waals surface area contributed by atoms with Gasteiger partial charge in [-0.1, -0.05) is 54.1 Å². The Kier molecular flexibility index (Phi) is 6.69. The average molecular weight is 428 g/mol. The van der Waals surface area contributed by atoms with Gasteiger partial charge in [-0.25, -0.2) is 9.18 Å². The number of ether oxygens (including phenoxy) is 1. The second-order valence-corrected chi connectivity index (χ2v) is 7.00. The van der Waals surface area contributed by atoms with Crippen LogP contribution in [0.25, 0.3) is 11.1 Å². The quantitative estimate of drug-likeness (QED) is 0.573. The van der Waals surface area contributed by atoms with Crippen LogP contribution >= 0.6 is 11.6 Å². The molecule has 0 saturated heterocycles. The molecule has 1 atom stereocenters. The minimum absolute atomic E-state index is 0.0363. The van der Waals surface area contributed by atoms with E-state index in [2.05, 4.69) is 5.32 Å². The Hall–Kier alpha value is -3.38. The molecular weight excluding hydrogens is 409 g/mol. The summed E-state index contributed by atoms with van der Waals surface area (Å²) in [6.45, 7) is 0. The number of hydrogen-bond acceptors (Lipinski definition) is 4. The fraction of sp³-hybridized carbons (Fsp3) is 0.130. The molecule has 0 bridgehead atoms. The van der Waals surface area contributed by atoms with Crippen LogP contribution in [0.5, 0.6) is 5.75 Å². The van der Waals surface area contributed by atoms with Crippen LogP contribution in [0.4, 0.5) is 4.39 Å². The maximum Gasteiger partial charge on any atom is 0.328 e. The van der Waals surface area contributed by atoms with Crippen molar-refractivity contribution in [3.8, 4) is 16.9 Å². The van der Waals surface area contributed by atoms with Gasteiger partial charge in [0.25, 0.3) is 5.91 Å². The molecule has 30 heavy (non-hydrogen) atoms. The van der Waals surface area contributed by atoms with Crippen LogP contribution in [0.15, 0.2) is 66.7 Å². The van der Waals surface area contributed by atoms with Crippen LogP contribution in [0.1, 0.15) is 15.9 Å². The van der Waals surface area contributed by atoms with Crippen molar-refractivity contribution in [3.63, 3.8) is 0 Å². The van der Waals surface area contributed by atoms with Gasteiger partial charge >= 0.3 is 5.97 Å². The van der Waals surface area contributed by atoms with Gasteiger partial charge in [-0.05, 0) is 41.0 Å². The molecule has 0 aliphatic carbocycles. The van der Waals surface area contributed by atoms with Crippen LogP contribution in [-0.2, 0) is 16.0 Å². The lowest BCUT2D eigenvalue weighted by molar-refractivity contribution is -0.142. The standard InChI is InChI=1S/C23H19ClFNO4/c1-30-23(29)20(26-22(28)17-4-2-3-5-21(17)27)12-14-6-8-15(9-7-14)16-10-11-19(25)18(24)13-16/h2-11,13,20,27H,12H2,1H3,(H,26,28). The van der Waals surface area contributed by atoms with E-state index < -0.39 is 23.7 Å². The maximum absolute atomic E-state index is 13.4. The highest BCUT2D eigenvalue weighted by Gasteiger charge is 2.23. The first-order valence-electron chi connectivity index (χ1n) is 9.10. The number of amides is 1. The molecule has 0 aliphatic rings. The fourth-order valence-electron chi connectivity index (χ4n) is 2.98. The van der Waals surface area contributed by atoms with Gasteiger partial charge in [0, 0.05) is 6.42 Å². The molecule has 1 amide bonds. The Balaban J connectivity index is 1.76. The summed E-state index contributed by atoms with van der Waals surface area (Å²) in [5, 5.41) is 12.5. The molecule has 3 aromatic carbocycles. The van der Waals surface area contributed by atoms with Gasteiger partial charge in [-0.3, -0.25) is 4.79 Å². The lowest BCUT2D eigenvalue weighted by Crippen LogP contribution is -2.43. The molecule has 3 rings (SSSR count). The van der Waals surface area contributed by atoms with Crippen molar-refractivity contribution in [3.05, 3.63) is 88.7 Å². The van der Waals surface area contributed by atoms with E-state index in [1.807, 2.05) is 12.1 Å². The van der Waals surface area contributed by atoms with Crippen molar-refractivity contribution < 1.29 is 23.8 Å². The number of nitrogens with one attached hydrogen (secondary N) is 1. The molecule has 154 valence electrons. The lowest BCUT2D eigenvalue weighted by atomic mass is 10.0. The number of phenols is 1. The molecular formula is C23H19ClFNO4. The Morgan fingerprint density at radius 3 is 2.37 bits per heavy atom. The third-order valence-corrected chi connectivity index (χ3v) is 4.88. The zero-order valence-corrected chi connectivity index (χ0v) is 16.8. The molecule has 0 radical (unpaired) electrons. The molecule has 0 spiro atoms. The van der Waals surface area contributed by atoms with Crippen LogP contribution < -0.4 is 5.32 Å². The van der Waals surface area contributed by atoms with E-state index in [9.17, 15) is 19.1 Å². The molecule has 0 fully saturated rings. The molecule has 7 heteroatoms. The number of carbonyl (C=O) groups excluding carboxylic acids is 2. The van der Waals surface area contributed by atoms with Crippen LogP contribution in [0.2, 0.25) is 5.02 Å². The van der Waals surface area contributed by atoms with Gasteiger partial charge in [0.2, 0.25) is 0 Å². The topological polar surface area (TPSA) is 75.6 Å².